The summed E-state index contributed by atoms with van der Waals surface area (Å²) in [4.78, 5) is 0. The van der Waals surface area contributed by atoms with Crippen LogP contribution in [0.5, 0.6) is 0 Å². The molecule has 0 heterocycles. The number of benzene rings is 1. The fourth-order valence-electron chi connectivity index (χ4n) is 1.35. The highest BCUT2D eigenvalue weighted by molar-refractivity contribution is 7.92. The van der Waals surface area contributed by atoms with Gasteiger partial charge in [0.1, 0.15) is 0 Å². The molecule has 0 aliphatic heterocycles. The van der Waals surface area contributed by atoms with Crippen LogP contribution in [0.2, 0.25) is 0 Å². The first kappa shape index (κ1) is 15.0. The maximum absolute atomic E-state index is 11.5. The highest BCUT2D eigenvalue weighted by Crippen LogP contribution is 2.17. The number of aliphatic hydroxyl groups excluding tert-OH is 1. The largest absolute Gasteiger partial charge is 0.395 e. The van der Waals surface area contributed by atoms with E-state index in [0.717, 1.165) is 5.56 Å². The molecule has 0 bridgehead atoms. The van der Waals surface area contributed by atoms with Crippen LogP contribution in [0.1, 0.15) is 17.5 Å². The van der Waals surface area contributed by atoms with Gasteiger partial charge in [0.15, 0.2) is 5.75 Å². The Balaban J connectivity index is 3.09. The SMILES string of the molecule is Cc1ccc(NS(=O)(=O)CC#N)c(C#CCCO)c1. The highest BCUT2D eigenvalue weighted by Gasteiger charge is 2.11. The molecule has 0 saturated carbocycles. The van der Waals surface area contributed by atoms with Gasteiger partial charge in [0.2, 0.25) is 10.0 Å². The average molecular weight is 278 g/mol. The smallest absolute Gasteiger partial charge is 0.246 e. The first-order chi connectivity index (χ1) is 8.98. The Morgan fingerprint density at radius 3 is 2.79 bits per heavy atom. The number of anilines is 1. The summed E-state index contributed by atoms with van der Waals surface area (Å²) < 4.78 is 25.4. The summed E-state index contributed by atoms with van der Waals surface area (Å²) in [7, 11) is -3.68. The summed E-state index contributed by atoms with van der Waals surface area (Å²) in [6.45, 7) is 1.82. The van der Waals surface area contributed by atoms with Crippen molar-refractivity contribution in [2.75, 3.05) is 17.1 Å². The Morgan fingerprint density at radius 1 is 1.42 bits per heavy atom. The van der Waals surface area contributed by atoms with Crippen molar-refractivity contribution in [2.45, 2.75) is 13.3 Å². The second-order valence-electron chi connectivity index (χ2n) is 3.84. The van der Waals surface area contributed by atoms with Gasteiger partial charge in [-0.2, -0.15) is 5.26 Å². The van der Waals surface area contributed by atoms with Crippen LogP contribution >= 0.6 is 0 Å². The summed E-state index contributed by atoms with van der Waals surface area (Å²) in [6, 6.07) is 6.69. The van der Waals surface area contributed by atoms with Gasteiger partial charge in [-0.15, -0.1) is 0 Å². The number of nitrogens with one attached hydrogen (secondary N) is 1. The summed E-state index contributed by atoms with van der Waals surface area (Å²) in [5.74, 6) is 4.93. The number of hydrogen-bond donors (Lipinski definition) is 2. The van der Waals surface area contributed by atoms with Crippen molar-refractivity contribution in [1.29, 1.82) is 5.26 Å². The maximum atomic E-state index is 11.5. The van der Waals surface area contributed by atoms with Crippen LogP contribution in [0.4, 0.5) is 5.69 Å². The van der Waals surface area contributed by atoms with E-state index in [1.54, 1.807) is 24.3 Å². The van der Waals surface area contributed by atoms with Gasteiger partial charge in [-0.3, -0.25) is 4.72 Å². The van der Waals surface area contributed by atoms with E-state index in [9.17, 15) is 8.42 Å². The number of hydrogen-bond acceptors (Lipinski definition) is 4. The second-order valence-corrected chi connectivity index (χ2v) is 5.57. The summed E-state index contributed by atoms with van der Waals surface area (Å²) in [5, 5.41) is 17.1. The Labute approximate surface area is 112 Å². The monoisotopic (exact) mass is 278 g/mol. The van der Waals surface area contributed by atoms with Crippen LogP contribution < -0.4 is 4.72 Å². The van der Waals surface area contributed by atoms with E-state index >= 15 is 0 Å². The molecular weight excluding hydrogens is 264 g/mol. The zero-order chi connectivity index (χ0) is 14.3. The molecule has 0 aliphatic rings. The van der Waals surface area contributed by atoms with Crippen molar-refractivity contribution in [3.8, 4) is 17.9 Å². The molecular formula is C13H14N2O3S. The molecule has 5 nitrogen and oxygen atoms in total. The van der Waals surface area contributed by atoms with Crippen molar-refractivity contribution in [3.63, 3.8) is 0 Å². The molecule has 0 radical (unpaired) electrons. The Bertz CT molecular complexity index is 649. The fourth-order valence-corrected chi connectivity index (χ4v) is 2.11. The Morgan fingerprint density at radius 2 is 2.16 bits per heavy atom. The highest BCUT2D eigenvalue weighted by atomic mass is 32.2. The minimum atomic E-state index is -3.68. The molecule has 0 unspecified atom stereocenters. The molecule has 6 heteroatoms. The van der Waals surface area contributed by atoms with E-state index in [1.807, 2.05) is 6.92 Å². The number of rotatable bonds is 4. The van der Waals surface area contributed by atoms with Gasteiger partial charge in [-0.05, 0) is 24.6 Å². The average Bonchev–Trinajstić information content (AvgIpc) is 2.32. The number of nitriles is 1. The lowest BCUT2D eigenvalue weighted by Gasteiger charge is -2.08. The van der Waals surface area contributed by atoms with E-state index in [0.29, 0.717) is 17.7 Å². The minimum Gasteiger partial charge on any atom is -0.395 e. The molecule has 1 aromatic carbocycles. The third kappa shape index (κ3) is 5.01. The quantitative estimate of drug-likeness (QED) is 0.804. The molecule has 0 aliphatic carbocycles. The van der Waals surface area contributed by atoms with Crippen LogP contribution in [-0.4, -0.2) is 25.9 Å². The van der Waals surface area contributed by atoms with Crippen LogP contribution in [0, 0.1) is 30.1 Å². The number of nitrogens with zero attached hydrogens (tertiary/aromatic N) is 1. The fraction of sp³-hybridized carbons (Fsp3) is 0.308. The lowest BCUT2D eigenvalue weighted by molar-refractivity contribution is 0.305. The summed E-state index contributed by atoms with van der Waals surface area (Å²) in [6.07, 6.45) is 0.318. The Hall–Kier alpha value is -2.02. The van der Waals surface area contributed by atoms with Gasteiger partial charge < -0.3 is 5.11 Å². The third-order valence-corrected chi connectivity index (χ3v) is 3.20. The van der Waals surface area contributed by atoms with Crippen molar-refractivity contribution in [2.24, 2.45) is 0 Å². The van der Waals surface area contributed by atoms with Crippen LogP contribution in [0.3, 0.4) is 0 Å². The second kappa shape index (κ2) is 6.79. The molecule has 0 aromatic heterocycles. The van der Waals surface area contributed by atoms with Gasteiger partial charge in [-0.25, -0.2) is 8.42 Å². The molecule has 19 heavy (non-hydrogen) atoms. The van der Waals surface area contributed by atoms with Crippen LogP contribution in [-0.2, 0) is 10.0 Å². The van der Waals surface area contributed by atoms with E-state index in [2.05, 4.69) is 16.6 Å². The molecule has 0 fully saturated rings. The molecule has 2 N–H and O–H groups in total. The van der Waals surface area contributed by atoms with Crippen molar-refractivity contribution < 1.29 is 13.5 Å². The summed E-state index contributed by atoms with van der Waals surface area (Å²) >= 11 is 0. The predicted molar refractivity (Wildman–Crippen MR) is 72.8 cm³/mol. The first-order valence-corrected chi connectivity index (χ1v) is 7.21. The molecule has 1 rings (SSSR count). The number of aliphatic hydroxyl groups is 1. The van der Waals surface area contributed by atoms with Gasteiger partial charge in [0.25, 0.3) is 0 Å². The molecule has 100 valence electrons. The van der Waals surface area contributed by atoms with Gasteiger partial charge >= 0.3 is 0 Å². The predicted octanol–water partition coefficient (Wildman–Crippen LogP) is 0.994. The Kier molecular flexibility index (Phi) is 5.37. The molecule has 1 aromatic rings. The maximum Gasteiger partial charge on any atom is 0.246 e. The topological polar surface area (TPSA) is 90.2 Å². The first-order valence-electron chi connectivity index (χ1n) is 5.56. The van der Waals surface area contributed by atoms with E-state index < -0.39 is 15.8 Å². The minimum absolute atomic E-state index is 0.0473. The van der Waals surface area contributed by atoms with Crippen molar-refractivity contribution in [3.05, 3.63) is 29.3 Å². The van der Waals surface area contributed by atoms with E-state index in [-0.39, 0.29) is 6.61 Å². The normalized spacial score (nSPS) is 10.2. The van der Waals surface area contributed by atoms with Gasteiger partial charge in [-0.1, -0.05) is 17.9 Å². The summed E-state index contributed by atoms with van der Waals surface area (Å²) in [5.41, 5.74) is 1.80. The molecule has 0 amide bonds. The molecule has 0 spiro atoms. The molecule has 0 atom stereocenters. The van der Waals surface area contributed by atoms with Crippen molar-refractivity contribution in [1.82, 2.24) is 0 Å². The van der Waals surface area contributed by atoms with Crippen LogP contribution in [0.15, 0.2) is 18.2 Å². The third-order valence-electron chi connectivity index (χ3n) is 2.15. The van der Waals surface area contributed by atoms with E-state index in [1.165, 1.54) is 0 Å². The van der Waals surface area contributed by atoms with Crippen LogP contribution in [0.25, 0.3) is 0 Å². The zero-order valence-electron chi connectivity index (χ0n) is 10.5. The molecule has 0 saturated heterocycles. The van der Waals surface area contributed by atoms with Gasteiger partial charge in [0, 0.05) is 12.0 Å². The van der Waals surface area contributed by atoms with Gasteiger partial charge in [0.05, 0.1) is 18.4 Å². The lowest BCUT2D eigenvalue weighted by atomic mass is 10.1. The van der Waals surface area contributed by atoms with Crippen molar-refractivity contribution >= 4 is 15.7 Å². The lowest BCUT2D eigenvalue weighted by Crippen LogP contribution is -2.16. The number of aryl methyl sites for hydroxylation is 1. The zero-order valence-corrected chi connectivity index (χ0v) is 11.3. The number of sulfonamides is 1. The standard InChI is InChI=1S/C13H14N2O3S/c1-11-5-6-13(15-19(17,18)9-7-14)12(10-11)4-2-3-8-16/h5-6,10,15-16H,3,8-9H2,1H3. The van der Waals surface area contributed by atoms with E-state index in [4.69, 9.17) is 10.4 Å².